The predicted molar refractivity (Wildman–Crippen MR) is 94.7 cm³/mol. The molecule has 0 spiro atoms. The Bertz CT molecular complexity index is 386. The first-order valence-corrected chi connectivity index (χ1v) is 10.4. The zero-order chi connectivity index (χ0) is 15.0. The van der Waals surface area contributed by atoms with Crippen molar-refractivity contribution in [1.82, 2.24) is 0 Å². The molecule has 0 aliphatic carbocycles. The molecule has 2 heteroatoms. The summed E-state index contributed by atoms with van der Waals surface area (Å²) < 4.78 is 6.08. The maximum atomic E-state index is 6.08. The van der Waals surface area contributed by atoms with E-state index in [0.717, 1.165) is 6.61 Å². The van der Waals surface area contributed by atoms with E-state index in [9.17, 15) is 0 Å². The van der Waals surface area contributed by atoms with Gasteiger partial charge in [0.05, 0.1) is 9.52 Å². The molecule has 0 aromatic heterocycles. The van der Waals surface area contributed by atoms with Gasteiger partial charge >= 0.3 is 0 Å². The highest BCUT2D eigenvalue weighted by Crippen LogP contribution is 2.31. The molecule has 0 radical (unpaired) electrons. The van der Waals surface area contributed by atoms with Crippen LogP contribution in [0.3, 0.4) is 0 Å². The van der Waals surface area contributed by atoms with Gasteiger partial charge in [-0.15, -0.1) is 0 Å². The summed E-state index contributed by atoms with van der Waals surface area (Å²) in [7, 11) is -0.272. The van der Waals surface area contributed by atoms with Crippen molar-refractivity contribution in [2.45, 2.75) is 76.0 Å². The fourth-order valence-electron chi connectivity index (χ4n) is 3.62. The molecule has 2 unspecified atom stereocenters. The molecule has 2 rings (SSSR count). The van der Waals surface area contributed by atoms with Gasteiger partial charge in [-0.2, -0.15) is 0 Å². The van der Waals surface area contributed by atoms with Gasteiger partial charge in [0, 0.05) is 12.3 Å². The smallest absolute Gasteiger partial charge is 0.0671 e. The van der Waals surface area contributed by atoms with E-state index >= 15 is 0 Å². The van der Waals surface area contributed by atoms with Crippen molar-refractivity contribution in [3.63, 3.8) is 0 Å². The van der Waals surface area contributed by atoms with Gasteiger partial charge in [0.15, 0.2) is 0 Å². The molecule has 1 aliphatic rings. The molecule has 1 aliphatic heterocycles. The molecule has 1 nitrogen and oxygen atoms in total. The van der Waals surface area contributed by atoms with Crippen LogP contribution in [-0.2, 0) is 9.78 Å². The summed E-state index contributed by atoms with van der Waals surface area (Å²) in [6.07, 6.45) is 10.8. The van der Waals surface area contributed by atoms with Crippen LogP contribution in [-0.4, -0.2) is 21.9 Å². The van der Waals surface area contributed by atoms with Crippen LogP contribution in [0.25, 0.3) is 0 Å². The van der Waals surface area contributed by atoms with E-state index in [1.807, 2.05) is 0 Å². The van der Waals surface area contributed by atoms with Gasteiger partial charge in [-0.25, -0.2) is 0 Å². The molecule has 0 bridgehead atoms. The molecule has 1 saturated heterocycles. The third kappa shape index (κ3) is 5.26. The lowest BCUT2D eigenvalue weighted by atomic mass is 9.93. The van der Waals surface area contributed by atoms with Crippen LogP contribution < -0.4 is 0 Å². The van der Waals surface area contributed by atoms with E-state index in [-0.39, 0.29) is 9.52 Å². The molecule has 1 heterocycles. The summed E-state index contributed by atoms with van der Waals surface area (Å²) in [6, 6.07) is 11.2. The van der Waals surface area contributed by atoms with Crippen molar-refractivity contribution in [1.29, 1.82) is 0 Å². The Balaban J connectivity index is 2.01. The molecule has 118 valence electrons. The van der Waals surface area contributed by atoms with Gasteiger partial charge in [0.2, 0.25) is 0 Å². The molecular formula is C19H32OSi. The number of unbranched alkanes of at least 4 members (excludes halogenated alkanes) is 3. The van der Waals surface area contributed by atoms with Crippen molar-refractivity contribution in [2.24, 2.45) is 0 Å². The molecule has 1 fully saturated rings. The Hall–Kier alpha value is -0.603. The molecule has 21 heavy (non-hydrogen) atoms. The number of hydrogen-bond acceptors (Lipinski definition) is 1. The van der Waals surface area contributed by atoms with Crippen molar-refractivity contribution < 1.29 is 4.74 Å². The normalized spacial score (nSPS) is 22.5. The topological polar surface area (TPSA) is 9.23 Å². The van der Waals surface area contributed by atoms with E-state index in [1.165, 1.54) is 51.4 Å². The number of ether oxygens (including phenoxy) is 1. The van der Waals surface area contributed by atoms with Gasteiger partial charge in [-0.05, 0) is 36.3 Å². The molecule has 0 saturated carbocycles. The van der Waals surface area contributed by atoms with Crippen molar-refractivity contribution in [3.8, 4) is 0 Å². The first kappa shape index (κ1) is 16.8. The Kier molecular flexibility index (Phi) is 6.98. The van der Waals surface area contributed by atoms with Crippen molar-refractivity contribution in [3.05, 3.63) is 35.9 Å². The number of hydrogen-bond donors (Lipinski definition) is 0. The lowest BCUT2D eigenvalue weighted by Crippen LogP contribution is -2.40. The standard InChI is InChI=1S/C19H32OSi/c1-3-4-5-10-15-19(2,17-12-7-6-8-13-17)21-18-14-9-11-16-20-18/h6-8,12-13,18H,3-5,9-11,14-16,21H2,1-2H3. The summed E-state index contributed by atoms with van der Waals surface area (Å²) in [5.41, 5.74) is 2.16. The van der Waals surface area contributed by atoms with E-state index in [4.69, 9.17) is 4.74 Å². The Morgan fingerprint density at radius 1 is 1.14 bits per heavy atom. The summed E-state index contributed by atoms with van der Waals surface area (Å²) in [6.45, 7) is 5.80. The maximum Gasteiger partial charge on any atom is 0.0671 e. The van der Waals surface area contributed by atoms with Crippen molar-refractivity contribution >= 4 is 9.52 Å². The third-order valence-corrected chi connectivity index (χ3v) is 7.77. The molecule has 0 amide bonds. The van der Waals surface area contributed by atoms with Crippen molar-refractivity contribution in [2.75, 3.05) is 6.61 Å². The largest absolute Gasteiger partial charge is 0.382 e. The molecule has 1 aromatic carbocycles. The van der Waals surface area contributed by atoms with Crippen LogP contribution in [0.2, 0.25) is 0 Å². The first-order valence-electron chi connectivity index (χ1n) is 8.92. The Morgan fingerprint density at radius 3 is 2.62 bits per heavy atom. The Morgan fingerprint density at radius 2 is 1.95 bits per heavy atom. The van der Waals surface area contributed by atoms with E-state index in [0.29, 0.717) is 10.8 Å². The number of benzene rings is 1. The fourth-order valence-corrected chi connectivity index (χ4v) is 6.33. The predicted octanol–water partition coefficient (Wildman–Crippen LogP) is 4.57. The molecule has 2 atom stereocenters. The van der Waals surface area contributed by atoms with E-state index < -0.39 is 0 Å². The first-order chi connectivity index (χ1) is 10.2. The quantitative estimate of drug-likeness (QED) is 0.505. The van der Waals surface area contributed by atoms with Gasteiger partial charge in [0.1, 0.15) is 0 Å². The minimum Gasteiger partial charge on any atom is -0.382 e. The maximum absolute atomic E-state index is 6.08. The highest BCUT2D eigenvalue weighted by molar-refractivity contribution is 6.41. The Labute approximate surface area is 133 Å². The number of rotatable bonds is 8. The lowest BCUT2D eigenvalue weighted by Gasteiger charge is -2.35. The second-order valence-electron chi connectivity index (χ2n) is 6.93. The SMILES string of the molecule is CCCCCCC(C)([SiH2]C1CCCCO1)c1ccccc1. The zero-order valence-corrected chi connectivity index (χ0v) is 15.4. The minimum absolute atomic E-state index is 0.272. The lowest BCUT2D eigenvalue weighted by molar-refractivity contribution is 0.0629. The van der Waals surface area contributed by atoms with Crippen LogP contribution >= 0.6 is 0 Å². The molecule has 1 aromatic rings. The third-order valence-electron chi connectivity index (χ3n) is 5.01. The molecule has 0 N–H and O–H groups in total. The van der Waals surface area contributed by atoms with Crippen LogP contribution in [0, 0.1) is 0 Å². The second-order valence-corrected chi connectivity index (χ2v) is 9.81. The highest BCUT2D eigenvalue weighted by Gasteiger charge is 2.31. The fraction of sp³-hybridized carbons (Fsp3) is 0.684. The average Bonchev–Trinajstić information content (AvgIpc) is 2.53. The van der Waals surface area contributed by atoms with E-state index in [1.54, 1.807) is 5.56 Å². The monoisotopic (exact) mass is 304 g/mol. The summed E-state index contributed by atoms with van der Waals surface area (Å²) in [4.78, 5) is 0. The van der Waals surface area contributed by atoms with Gasteiger partial charge in [0.25, 0.3) is 0 Å². The summed E-state index contributed by atoms with van der Waals surface area (Å²) in [5, 5.41) is 0.414. The molecular weight excluding hydrogens is 272 g/mol. The van der Waals surface area contributed by atoms with Crippen LogP contribution in [0.4, 0.5) is 0 Å². The van der Waals surface area contributed by atoms with Gasteiger partial charge in [-0.1, -0.05) is 69.9 Å². The van der Waals surface area contributed by atoms with E-state index in [2.05, 4.69) is 44.2 Å². The van der Waals surface area contributed by atoms with Crippen LogP contribution in [0.1, 0.15) is 70.8 Å². The van der Waals surface area contributed by atoms with Crippen LogP contribution in [0.15, 0.2) is 30.3 Å². The highest BCUT2D eigenvalue weighted by atomic mass is 28.2. The summed E-state index contributed by atoms with van der Waals surface area (Å²) >= 11 is 0. The minimum atomic E-state index is -0.272. The summed E-state index contributed by atoms with van der Waals surface area (Å²) in [5.74, 6) is 0. The average molecular weight is 305 g/mol. The second kappa shape index (κ2) is 8.75. The van der Waals surface area contributed by atoms with Gasteiger partial charge < -0.3 is 4.74 Å². The van der Waals surface area contributed by atoms with Crippen LogP contribution in [0.5, 0.6) is 0 Å². The van der Waals surface area contributed by atoms with Gasteiger partial charge in [-0.3, -0.25) is 0 Å². The zero-order valence-electron chi connectivity index (χ0n) is 13.9.